The van der Waals surface area contributed by atoms with E-state index < -0.39 is 0 Å². The van der Waals surface area contributed by atoms with E-state index in [-0.39, 0.29) is 5.41 Å². The van der Waals surface area contributed by atoms with Crippen LogP contribution in [0, 0.1) is 6.92 Å². The fourth-order valence-electron chi connectivity index (χ4n) is 2.16. The topological polar surface area (TPSA) is 9.23 Å². The van der Waals surface area contributed by atoms with Crippen molar-refractivity contribution in [1.82, 2.24) is 0 Å². The Morgan fingerprint density at radius 2 is 1.89 bits per heavy atom. The van der Waals surface area contributed by atoms with Crippen LogP contribution in [0.1, 0.15) is 50.8 Å². The predicted octanol–water partition coefficient (Wildman–Crippen LogP) is 5.02. The maximum atomic E-state index is 5.93. The summed E-state index contributed by atoms with van der Waals surface area (Å²) in [6.45, 7) is 11.7. The van der Waals surface area contributed by atoms with Crippen molar-refractivity contribution in [3.63, 3.8) is 0 Å². The van der Waals surface area contributed by atoms with Crippen LogP contribution >= 0.6 is 15.9 Å². The van der Waals surface area contributed by atoms with Gasteiger partial charge in [0.05, 0.1) is 6.61 Å². The van der Waals surface area contributed by atoms with Crippen LogP contribution in [0.4, 0.5) is 0 Å². The van der Waals surface area contributed by atoms with Crippen LogP contribution in [0.25, 0.3) is 0 Å². The lowest BCUT2D eigenvalue weighted by Crippen LogP contribution is -2.15. The van der Waals surface area contributed by atoms with Crippen molar-refractivity contribution in [2.75, 3.05) is 11.9 Å². The fourth-order valence-corrected chi connectivity index (χ4v) is 2.44. The molecule has 0 bridgehead atoms. The van der Waals surface area contributed by atoms with Gasteiger partial charge < -0.3 is 4.74 Å². The number of hydrogen-bond donors (Lipinski definition) is 0. The van der Waals surface area contributed by atoms with Gasteiger partial charge >= 0.3 is 0 Å². The van der Waals surface area contributed by atoms with Gasteiger partial charge in [-0.05, 0) is 37.7 Å². The van der Waals surface area contributed by atoms with E-state index in [2.05, 4.69) is 62.7 Å². The van der Waals surface area contributed by atoms with Crippen LogP contribution in [0.5, 0.6) is 5.75 Å². The van der Waals surface area contributed by atoms with Gasteiger partial charge in [-0.25, -0.2) is 0 Å². The molecular weight excluding hydrogens is 288 g/mol. The summed E-state index contributed by atoms with van der Waals surface area (Å²) < 4.78 is 5.93. The zero-order chi connectivity index (χ0) is 13.8. The van der Waals surface area contributed by atoms with Crippen molar-refractivity contribution in [2.45, 2.75) is 52.9 Å². The van der Waals surface area contributed by atoms with Crippen molar-refractivity contribution < 1.29 is 4.74 Å². The lowest BCUT2D eigenvalue weighted by molar-refractivity contribution is 0.326. The van der Waals surface area contributed by atoms with Crippen molar-refractivity contribution in [1.29, 1.82) is 0 Å². The molecular formula is C16H25BrO. The van der Waals surface area contributed by atoms with E-state index in [0.29, 0.717) is 0 Å². The first-order chi connectivity index (χ1) is 8.40. The van der Waals surface area contributed by atoms with Crippen molar-refractivity contribution >= 4 is 15.9 Å². The molecule has 0 spiro atoms. The van der Waals surface area contributed by atoms with Gasteiger partial charge in [0, 0.05) is 10.9 Å². The molecule has 1 rings (SSSR count). The zero-order valence-corrected chi connectivity index (χ0v) is 13.9. The minimum Gasteiger partial charge on any atom is -0.493 e. The average molecular weight is 313 g/mol. The number of benzene rings is 1. The molecule has 0 aromatic heterocycles. The van der Waals surface area contributed by atoms with Gasteiger partial charge in [-0.15, -0.1) is 0 Å². The van der Waals surface area contributed by atoms with Crippen molar-refractivity contribution in [3.05, 3.63) is 28.8 Å². The maximum absolute atomic E-state index is 5.93. The molecule has 1 aromatic carbocycles. The van der Waals surface area contributed by atoms with Gasteiger partial charge in [-0.1, -0.05) is 54.4 Å². The summed E-state index contributed by atoms with van der Waals surface area (Å²) in [6.07, 6.45) is 2.22. The van der Waals surface area contributed by atoms with E-state index in [9.17, 15) is 0 Å². The van der Waals surface area contributed by atoms with Gasteiger partial charge in [0.25, 0.3) is 0 Å². The lowest BCUT2D eigenvalue weighted by Gasteiger charge is -2.25. The van der Waals surface area contributed by atoms with E-state index in [1.54, 1.807) is 0 Å². The van der Waals surface area contributed by atoms with Crippen LogP contribution in [-0.4, -0.2) is 11.9 Å². The molecule has 0 amide bonds. The van der Waals surface area contributed by atoms with E-state index in [0.717, 1.165) is 30.5 Å². The van der Waals surface area contributed by atoms with Crippen molar-refractivity contribution in [3.8, 4) is 5.75 Å². The van der Waals surface area contributed by atoms with Crippen LogP contribution in [-0.2, 0) is 11.8 Å². The minimum absolute atomic E-state index is 0.125. The molecule has 2 heteroatoms. The van der Waals surface area contributed by atoms with Gasteiger partial charge in [0.15, 0.2) is 0 Å². The quantitative estimate of drug-likeness (QED) is 0.694. The van der Waals surface area contributed by atoms with Gasteiger partial charge in [0.1, 0.15) is 5.75 Å². The maximum Gasteiger partial charge on any atom is 0.126 e. The molecule has 18 heavy (non-hydrogen) atoms. The summed E-state index contributed by atoms with van der Waals surface area (Å²) in [7, 11) is 0. The molecule has 0 aliphatic rings. The fraction of sp³-hybridized carbons (Fsp3) is 0.625. The summed E-state index contributed by atoms with van der Waals surface area (Å²) in [6, 6.07) is 4.53. The zero-order valence-electron chi connectivity index (χ0n) is 12.3. The molecule has 0 atom stereocenters. The van der Waals surface area contributed by atoms with E-state index in [1.807, 2.05) is 0 Å². The van der Waals surface area contributed by atoms with Crippen LogP contribution in [0.15, 0.2) is 12.1 Å². The highest BCUT2D eigenvalue weighted by atomic mass is 79.9. The number of alkyl halides is 1. The van der Waals surface area contributed by atoms with E-state index in [4.69, 9.17) is 4.74 Å². The van der Waals surface area contributed by atoms with Gasteiger partial charge in [-0.3, -0.25) is 0 Å². The molecule has 0 aliphatic heterocycles. The minimum atomic E-state index is 0.125. The van der Waals surface area contributed by atoms with Gasteiger partial charge in [0.2, 0.25) is 0 Å². The number of rotatable bonds is 5. The summed E-state index contributed by atoms with van der Waals surface area (Å²) in [4.78, 5) is 0. The second kappa shape index (κ2) is 6.60. The Kier molecular flexibility index (Phi) is 5.71. The first-order valence-corrected chi connectivity index (χ1v) is 7.85. The summed E-state index contributed by atoms with van der Waals surface area (Å²) in [5.41, 5.74) is 4.13. The molecule has 0 fully saturated rings. The monoisotopic (exact) mass is 312 g/mol. The van der Waals surface area contributed by atoms with E-state index >= 15 is 0 Å². The van der Waals surface area contributed by atoms with Gasteiger partial charge in [-0.2, -0.15) is 0 Å². The van der Waals surface area contributed by atoms with Crippen LogP contribution < -0.4 is 4.74 Å². The molecule has 0 radical (unpaired) electrons. The Morgan fingerprint density at radius 1 is 1.22 bits per heavy atom. The molecule has 1 nitrogen and oxygen atoms in total. The summed E-state index contributed by atoms with van der Waals surface area (Å²) >= 11 is 3.51. The second-order valence-corrected chi connectivity index (χ2v) is 6.57. The first-order valence-electron chi connectivity index (χ1n) is 6.73. The highest BCUT2D eigenvalue weighted by molar-refractivity contribution is 9.09. The highest BCUT2D eigenvalue weighted by Gasteiger charge is 2.21. The molecule has 0 unspecified atom stereocenters. The Bertz CT molecular complexity index is 391. The molecule has 0 saturated heterocycles. The molecule has 0 heterocycles. The first kappa shape index (κ1) is 15.6. The average Bonchev–Trinajstić information content (AvgIpc) is 2.27. The lowest BCUT2D eigenvalue weighted by atomic mass is 9.83. The molecule has 102 valence electrons. The Hall–Kier alpha value is -0.500. The number of halogens is 1. The van der Waals surface area contributed by atoms with Crippen LogP contribution in [0.2, 0.25) is 0 Å². The highest BCUT2D eigenvalue weighted by Crippen LogP contribution is 2.36. The third-order valence-electron chi connectivity index (χ3n) is 2.99. The predicted molar refractivity (Wildman–Crippen MR) is 83.2 cm³/mol. The SMILES string of the molecule is CCOc1c(CCCBr)cc(C)cc1C(C)(C)C. The standard InChI is InChI=1S/C16H25BrO/c1-6-18-15-13(8-7-9-17)10-12(2)11-14(15)16(3,4)5/h10-11H,6-9H2,1-5H3. The molecule has 0 aliphatic carbocycles. The molecule has 0 N–H and O–H groups in total. The number of ether oxygens (including phenoxy) is 1. The van der Waals surface area contributed by atoms with Crippen LogP contribution in [0.3, 0.4) is 0 Å². The van der Waals surface area contributed by atoms with E-state index in [1.165, 1.54) is 16.7 Å². The molecule has 1 aromatic rings. The smallest absolute Gasteiger partial charge is 0.126 e. The Morgan fingerprint density at radius 3 is 2.39 bits per heavy atom. The molecule has 0 saturated carbocycles. The Labute approximate surface area is 120 Å². The third-order valence-corrected chi connectivity index (χ3v) is 3.55. The Balaban J connectivity index is 3.26. The largest absolute Gasteiger partial charge is 0.493 e. The second-order valence-electron chi connectivity index (χ2n) is 5.78. The number of aryl methyl sites for hydroxylation is 2. The van der Waals surface area contributed by atoms with Crippen molar-refractivity contribution in [2.24, 2.45) is 0 Å². The normalized spacial score (nSPS) is 11.7. The third kappa shape index (κ3) is 4.01. The summed E-state index contributed by atoms with van der Waals surface area (Å²) in [5, 5.41) is 1.04. The summed E-state index contributed by atoms with van der Waals surface area (Å²) in [5.74, 6) is 1.11. The number of hydrogen-bond acceptors (Lipinski definition) is 1.